The first-order valence-corrected chi connectivity index (χ1v) is 9.38. The number of rotatable bonds is 3. The van der Waals surface area contributed by atoms with Gasteiger partial charge in [-0.1, -0.05) is 0 Å². The quantitative estimate of drug-likeness (QED) is 0.798. The van der Waals surface area contributed by atoms with Gasteiger partial charge in [0.2, 0.25) is 11.8 Å². The van der Waals surface area contributed by atoms with Crippen LogP contribution in [0.15, 0.2) is 17.2 Å². The van der Waals surface area contributed by atoms with Crippen molar-refractivity contribution < 1.29 is 9.59 Å². The Bertz CT molecular complexity index is 763. The molecule has 0 radical (unpaired) electrons. The first kappa shape index (κ1) is 17.1. The Labute approximate surface area is 152 Å². The minimum atomic E-state index is -0.157. The molecule has 3 aliphatic rings. The van der Waals surface area contributed by atoms with E-state index >= 15 is 0 Å². The average molecular weight is 359 g/mol. The van der Waals surface area contributed by atoms with Crippen LogP contribution in [0.25, 0.3) is 0 Å². The van der Waals surface area contributed by atoms with Crippen molar-refractivity contribution in [3.8, 4) is 0 Å². The number of aromatic amines is 1. The maximum atomic E-state index is 12.7. The minimum Gasteiger partial charge on any atom is -0.356 e. The number of fused-ring (bicyclic) bond motifs is 4. The molecule has 4 rings (SSSR count). The van der Waals surface area contributed by atoms with Crippen molar-refractivity contribution in [2.75, 3.05) is 24.5 Å². The van der Waals surface area contributed by atoms with E-state index in [1.807, 2.05) is 0 Å². The number of nitrogens with zero attached hydrogens (tertiary/aromatic N) is 3. The van der Waals surface area contributed by atoms with Gasteiger partial charge in [0, 0.05) is 45.1 Å². The molecule has 8 nitrogen and oxygen atoms in total. The van der Waals surface area contributed by atoms with Gasteiger partial charge in [-0.05, 0) is 31.1 Å². The van der Waals surface area contributed by atoms with Gasteiger partial charge < -0.3 is 20.1 Å². The molecule has 4 atom stereocenters. The van der Waals surface area contributed by atoms with Gasteiger partial charge in [-0.3, -0.25) is 14.4 Å². The predicted molar refractivity (Wildman–Crippen MR) is 95.6 cm³/mol. The molecule has 0 spiro atoms. The van der Waals surface area contributed by atoms with Crippen LogP contribution in [0.1, 0.15) is 32.6 Å². The zero-order valence-electron chi connectivity index (χ0n) is 15.0. The second-order valence-corrected chi connectivity index (χ2v) is 7.70. The lowest BCUT2D eigenvalue weighted by Crippen LogP contribution is -2.67. The number of H-pyrrole nitrogens is 1. The Hall–Kier alpha value is -2.38. The van der Waals surface area contributed by atoms with Gasteiger partial charge >= 0.3 is 0 Å². The molecule has 0 unspecified atom stereocenters. The van der Waals surface area contributed by atoms with E-state index in [9.17, 15) is 14.4 Å². The van der Waals surface area contributed by atoms with E-state index in [1.54, 1.807) is 0 Å². The molecule has 26 heavy (non-hydrogen) atoms. The number of piperidine rings is 3. The Balaban J connectivity index is 1.62. The highest BCUT2D eigenvalue weighted by molar-refractivity contribution is 5.78. The second-order valence-electron chi connectivity index (χ2n) is 7.70. The normalized spacial score (nSPS) is 30.7. The molecule has 140 valence electrons. The molecule has 0 saturated carbocycles. The lowest BCUT2D eigenvalue weighted by Gasteiger charge is -2.56. The van der Waals surface area contributed by atoms with E-state index in [-0.39, 0.29) is 35.4 Å². The highest BCUT2D eigenvalue weighted by atomic mass is 16.2. The molecule has 3 fully saturated rings. The van der Waals surface area contributed by atoms with E-state index in [4.69, 9.17) is 0 Å². The summed E-state index contributed by atoms with van der Waals surface area (Å²) in [4.78, 5) is 46.9. The van der Waals surface area contributed by atoms with Crippen LogP contribution in [0, 0.1) is 11.8 Å². The number of amides is 2. The van der Waals surface area contributed by atoms with Crippen molar-refractivity contribution in [2.24, 2.45) is 11.8 Å². The highest BCUT2D eigenvalue weighted by Gasteiger charge is 2.49. The third-order valence-electron chi connectivity index (χ3n) is 6.04. The van der Waals surface area contributed by atoms with E-state index in [1.165, 1.54) is 19.3 Å². The molecular weight excluding hydrogens is 334 g/mol. The summed E-state index contributed by atoms with van der Waals surface area (Å²) in [6.07, 6.45) is 5.03. The number of hydrogen-bond donors (Lipinski definition) is 2. The number of carbonyl (C=O) groups excluding carboxylic acids is 2. The van der Waals surface area contributed by atoms with Crippen LogP contribution in [0.4, 0.5) is 5.82 Å². The average Bonchev–Trinajstić information content (AvgIpc) is 2.62. The number of nitrogens with one attached hydrogen (secondary N) is 2. The van der Waals surface area contributed by atoms with Crippen LogP contribution in [0.2, 0.25) is 0 Å². The van der Waals surface area contributed by atoms with Crippen LogP contribution in [-0.4, -0.2) is 58.4 Å². The van der Waals surface area contributed by atoms with Gasteiger partial charge in [-0.15, -0.1) is 0 Å². The molecule has 2 amide bonds. The molecule has 1 aromatic heterocycles. The molecule has 1 aromatic rings. The maximum Gasteiger partial charge on any atom is 0.252 e. The van der Waals surface area contributed by atoms with Gasteiger partial charge in [0.25, 0.3) is 5.56 Å². The van der Waals surface area contributed by atoms with Crippen LogP contribution in [0.5, 0.6) is 0 Å². The largest absolute Gasteiger partial charge is 0.356 e. The van der Waals surface area contributed by atoms with E-state index in [0.717, 1.165) is 32.4 Å². The Morgan fingerprint density at radius 2 is 2.15 bits per heavy atom. The Kier molecular flexibility index (Phi) is 4.42. The van der Waals surface area contributed by atoms with Crippen LogP contribution < -0.4 is 15.8 Å². The topological polar surface area (TPSA) is 98.4 Å². The van der Waals surface area contributed by atoms with Crippen molar-refractivity contribution in [3.05, 3.63) is 22.7 Å². The van der Waals surface area contributed by atoms with Gasteiger partial charge in [-0.2, -0.15) is 0 Å². The van der Waals surface area contributed by atoms with Crippen LogP contribution in [-0.2, 0) is 9.59 Å². The predicted octanol–water partition coefficient (Wildman–Crippen LogP) is 0.112. The lowest BCUT2D eigenvalue weighted by atomic mass is 9.72. The molecule has 3 aliphatic heterocycles. The van der Waals surface area contributed by atoms with Gasteiger partial charge in [0.1, 0.15) is 5.82 Å². The minimum absolute atomic E-state index is 0.0118. The summed E-state index contributed by atoms with van der Waals surface area (Å²) in [6.45, 7) is 3.56. The summed E-state index contributed by atoms with van der Waals surface area (Å²) in [6, 6.07) is 1.77. The SMILES string of the molecule is CC(=O)NC[C@H]1[C@H]2C[C@H](CN(c3cc(=O)[nH]cn3)C2)[C@@H]2CCCC(=O)N21. The maximum absolute atomic E-state index is 12.7. The van der Waals surface area contributed by atoms with E-state index < -0.39 is 0 Å². The van der Waals surface area contributed by atoms with Crippen molar-refractivity contribution in [1.29, 1.82) is 0 Å². The van der Waals surface area contributed by atoms with E-state index in [2.05, 4.69) is 25.1 Å². The first-order valence-electron chi connectivity index (χ1n) is 9.38. The number of carbonyl (C=O) groups is 2. The second kappa shape index (κ2) is 6.74. The fraction of sp³-hybridized carbons (Fsp3) is 0.667. The molecule has 2 N–H and O–H groups in total. The smallest absolute Gasteiger partial charge is 0.252 e. The third-order valence-corrected chi connectivity index (χ3v) is 6.04. The number of anilines is 1. The highest BCUT2D eigenvalue weighted by Crippen LogP contribution is 2.42. The zero-order chi connectivity index (χ0) is 18.3. The van der Waals surface area contributed by atoms with Crippen LogP contribution >= 0.6 is 0 Å². The first-order chi connectivity index (χ1) is 12.5. The molecule has 3 saturated heterocycles. The van der Waals surface area contributed by atoms with Crippen LogP contribution in [0.3, 0.4) is 0 Å². The number of hydrogen-bond acceptors (Lipinski definition) is 5. The standard InChI is InChI=1S/C18H25N5O3/c1-11(24)19-7-15-13-5-12(14-3-2-4-18(26)23(14)15)8-22(9-13)16-6-17(25)21-10-20-16/h6,10,12-15H,2-5,7-9H2,1H3,(H,19,24)(H,20,21,25)/t12-,13+,14+,15+/m1/s1. The molecule has 0 aromatic carbocycles. The Morgan fingerprint density at radius 1 is 1.35 bits per heavy atom. The summed E-state index contributed by atoms with van der Waals surface area (Å²) >= 11 is 0. The Morgan fingerprint density at radius 3 is 2.92 bits per heavy atom. The molecule has 0 aliphatic carbocycles. The fourth-order valence-electron chi connectivity index (χ4n) is 5.00. The van der Waals surface area contributed by atoms with Gasteiger partial charge in [-0.25, -0.2) is 4.98 Å². The lowest BCUT2D eigenvalue weighted by molar-refractivity contribution is -0.149. The molecule has 8 heteroatoms. The van der Waals surface area contributed by atoms with Gasteiger partial charge in [0.15, 0.2) is 0 Å². The monoisotopic (exact) mass is 359 g/mol. The fourth-order valence-corrected chi connectivity index (χ4v) is 5.00. The van der Waals surface area contributed by atoms with E-state index in [0.29, 0.717) is 24.7 Å². The number of aromatic nitrogens is 2. The summed E-state index contributed by atoms with van der Waals surface area (Å²) in [7, 11) is 0. The summed E-state index contributed by atoms with van der Waals surface area (Å²) in [5, 5.41) is 2.91. The van der Waals surface area contributed by atoms with Gasteiger partial charge in [0.05, 0.1) is 12.4 Å². The zero-order valence-corrected chi connectivity index (χ0v) is 15.0. The van der Waals surface area contributed by atoms with Crippen molar-refractivity contribution >= 4 is 17.6 Å². The summed E-state index contributed by atoms with van der Waals surface area (Å²) in [5.74, 6) is 1.48. The molecule has 2 bridgehead atoms. The third kappa shape index (κ3) is 3.08. The van der Waals surface area contributed by atoms with Crippen molar-refractivity contribution in [2.45, 2.75) is 44.7 Å². The summed E-state index contributed by atoms with van der Waals surface area (Å²) < 4.78 is 0. The molecular formula is C18H25N5O3. The summed E-state index contributed by atoms with van der Waals surface area (Å²) in [5.41, 5.74) is -0.157. The van der Waals surface area contributed by atoms with Crippen molar-refractivity contribution in [3.63, 3.8) is 0 Å². The molecule has 4 heterocycles. The van der Waals surface area contributed by atoms with Crippen molar-refractivity contribution in [1.82, 2.24) is 20.2 Å².